The number of carbonyl (C=O) groups excluding carboxylic acids is 1. The van der Waals surface area contributed by atoms with Gasteiger partial charge >= 0.3 is 6.18 Å². The third-order valence-corrected chi connectivity index (χ3v) is 4.16. The average Bonchev–Trinajstić information content (AvgIpc) is 2.39. The molecule has 1 amide bonds. The lowest BCUT2D eigenvalue weighted by molar-refractivity contribution is -0.184. The molecular weight excluding hydrogens is 328 g/mol. The van der Waals surface area contributed by atoms with E-state index >= 15 is 0 Å². The highest BCUT2D eigenvalue weighted by Crippen LogP contribution is 2.33. The Morgan fingerprint density at radius 2 is 1.90 bits per heavy atom. The fourth-order valence-electron chi connectivity index (χ4n) is 2.36. The summed E-state index contributed by atoms with van der Waals surface area (Å²) in [6.45, 7) is -0.136. The number of benzene rings is 1. The van der Waals surface area contributed by atoms with Crippen molar-refractivity contribution in [1.82, 2.24) is 4.90 Å². The van der Waals surface area contributed by atoms with Crippen LogP contribution in [0.3, 0.4) is 0 Å². The second kappa shape index (κ2) is 6.02. The topological polar surface area (TPSA) is 46.3 Å². The predicted octanol–water partition coefficient (Wildman–Crippen LogP) is 3.49. The zero-order valence-corrected chi connectivity index (χ0v) is 12.3. The van der Waals surface area contributed by atoms with Gasteiger partial charge in [0, 0.05) is 18.2 Å². The summed E-state index contributed by atoms with van der Waals surface area (Å²) >= 11 is 11.5. The Morgan fingerprint density at radius 3 is 2.48 bits per heavy atom. The van der Waals surface area contributed by atoms with Gasteiger partial charge in [-0.2, -0.15) is 13.2 Å². The van der Waals surface area contributed by atoms with Gasteiger partial charge in [-0.1, -0.05) is 23.2 Å². The van der Waals surface area contributed by atoms with Crippen LogP contribution in [-0.4, -0.2) is 35.6 Å². The van der Waals surface area contributed by atoms with E-state index in [2.05, 4.69) is 0 Å². The Balaban J connectivity index is 2.31. The fraction of sp³-hybridized carbons (Fsp3) is 0.462. The van der Waals surface area contributed by atoms with Crippen LogP contribution in [0.2, 0.25) is 10.0 Å². The molecule has 2 N–H and O–H groups in total. The zero-order valence-electron chi connectivity index (χ0n) is 10.8. The van der Waals surface area contributed by atoms with Crippen LogP contribution < -0.4 is 5.73 Å². The molecule has 0 bridgehead atoms. The van der Waals surface area contributed by atoms with Gasteiger partial charge in [0.15, 0.2) is 0 Å². The van der Waals surface area contributed by atoms with Crippen LogP contribution >= 0.6 is 23.2 Å². The van der Waals surface area contributed by atoms with Crippen molar-refractivity contribution in [2.24, 2.45) is 5.73 Å². The van der Waals surface area contributed by atoms with E-state index in [1.165, 1.54) is 18.2 Å². The monoisotopic (exact) mass is 340 g/mol. The molecule has 3 nitrogen and oxygen atoms in total. The van der Waals surface area contributed by atoms with E-state index in [1.54, 1.807) is 0 Å². The highest BCUT2D eigenvalue weighted by molar-refractivity contribution is 6.42. The van der Waals surface area contributed by atoms with Gasteiger partial charge in [-0.3, -0.25) is 4.79 Å². The molecule has 21 heavy (non-hydrogen) atoms. The zero-order chi connectivity index (χ0) is 15.8. The largest absolute Gasteiger partial charge is 0.408 e. The number of piperidine rings is 1. The fourth-order valence-corrected chi connectivity index (χ4v) is 2.66. The number of halogens is 5. The SMILES string of the molecule is N[C@H]1CC[C@H](C(F)(F)F)N(C(=O)c2ccc(Cl)c(Cl)c2)C1. The first-order chi connectivity index (χ1) is 9.70. The molecule has 2 atom stereocenters. The maximum atomic E-state index is 13.1. The third kappa shape index (κ3) is 3.62. The molecule has 1 heterocycles. The van der Waals surface area contributed by atoms with Crippen LogP contribution in [0.4, 0.5) is 13.2 Å². The Morgan fingerprint density at radius 1 is 1.24 bits per heavy atom. The molecule has 0 spiro atoms. The van der Waals surface area contributed by atoms with Crippen molar-refractivity contribution < 1.29 is 18.0 Å². The maximum Gasteiger partial charge on any atom is 0.408 e. The van der Waals surface area contributed by atoms with Crippen molar-refractivity contribution >= 4 is 29.1 Å². The minimum Gasteiger partial charge on any atom is -0.326 e. The summed E-state index contributed by atoms with van der Waals surface area (Å²) in [5.41, 5.74) is 5.75. The number of nitrogens with zero attached hydrogens (tertiary/aromatic N) is 1. The van der Waals surface area contributed by atoms with E-state index in [4.69, 9.17) is 28.9 Å². The number of likely N-dealkylation sites (tertiary alicyclic amines) is 1. The molecule has 1 fully saturated rings. The summed E-state index contributed by atoms with van der Waals surface area (Å²) < 4.78 is 39.2. The quantitative estimate of drug-likeness (QED) is 0.850. The van der Waals surface area contributed by atoms with Crippen LogP contribution in [0.1, 0.15) is 23.2 Å². The Labute approximate surface area is 129 Å². The lowest BCUT2D eigenvalue weighted by Crippen LogP contribution is -2.56. The van der Waals surface area contributed by atoms with Crippen LogP contribution in [0.25, 0.3) is 0 Å². The molecule has 1 aromatic carbocycles. The number of carbonyl (C=O) groups is 1. The molecule has 1 aliphatic rings. The molecule has 116 valence electrons. The van der Waals surface area contributed by atoms with E-state index in [-0.39, 0.29) is 35.0 Å². The summed E-state index contributed by atoms with van der Waals surface area (Å²) in [6, 6.07) is 1.71. The van der Waals surface area contributed by atoms with Crippen LogP contribution in [0.15, 0.2) is 18.2 Å². The van der Waals surface area contributed by atoms with E-state index in [0.717, 1.165) is 4.90 Å². The summed E-state index contributed by atoms with van der Waals surface area (Å²) in [4.78, 5) is 13.1. The van der Waals surface area contributed by atoms with Crippen molar-refractivity contribution in [3.8, 4) is 0 Å². The highest BCUT2D eigenvalue weighted by Gasteiger charge is 2.47. The number of rotatable bonds is 1. The van der Waals surface area contributed by atoms with Gasteiger partial charge < -0.3 is 10.6 Å². The highest BCUT2D eigenvalue weighted by atomic mass is 35.5. The lowest BCUT2D eigenvalue weighted by atomic mass is 9.97. The smallest absolute Gasteiger partial charge is 0.326 e. The normalized spacial score (nSPS) is 23.2. The first-order valence-corrected chi connectivity index (χ1v) is 7.04. The number of amides is 1. The second-order valence-electron chi connectivity index (χ2n) is 4.98. The van der Waals surface area contributed by atoms with Crippen molar-refractivity contribution in [2.75, 3.05) is 6.54 Å². The summed E-state index contributed by atoms with van der Waals surface area (Å²) in [5.74, 6) is -0.744. The lowest BCUT2D eigenvalue weighted by Gasteiger charge is -2.39. The molecule has 0 aromatic heterocycles. The molecule has 2 rings (SSSR count). The van der Waals surface area contributed by atoms with Gasteiger partial charge in [-0.25, -0.2) is 0 Å². The standard InChI is InChI=1S/C13H13Cl2F3N2O/c14-9-3-1-7(5-10(9)15)12(21)20-6-8(19)2-4-11(20)13(16,17)18/h1,3,5,8,11H,2,4,6,19H2/t8-,11+/m0/s1. The van der Waals surface area contributed by atoms with Crippen LogP contribution in [-0.2, 0) is 0 Å². The van der Waals surface area contributed by atoms with Gasteiger partial charge in [0.05, 0.1) is 10.0 Å². The van der Waals surface area contributed by atoms with E-state index < -0.39 is 24.2 Å². The van der Waals surface area contributed by atoms with Gasteiger partial charge in [-0.15, -0.1) is 0 Å². The molecule has 0 saturated carbocycles. The molecule has 8 heteroatoms. The minimum atomic E-state index is -4.48. The summed E-state index contributed by atoms with van der Waals surface area (Å²) in [5, 5.41) is 0.350. The molecule has 1 aliphatic heterocycles. The first kappa shape index (κ1) is 16.4. The minimum absolute atomic E-state index is 0.0627. The van der Waals surface area contributed by atoms with Crippen molar-refractivity contribution in [3.05, 3.63) is 33.8 Å². The molecule has 1 aromatic rings. The van der Waals surface area contributed by atoms with Crippen molar-refractivity contribution in [3.63, 3.8) is 0 Å². The average molecular weight is 341 g/mol. The molecule has 0 unspecified atom stereocenters. The van der Waals surface area contributed by atoms with Crippen LogP contribution in [0, 0.1) is 0 Å². The van der Waals surface area contributed by atoms with Gasteiger partial charge in [-0.05, 0) is 31.0 Å². The molecule has 1 saturated heterocycles. The molecular formula is C13H13Cl2F3N2O. The molecule has 0 radical (unpaired) electrons. The summed E-state index contributed by atoms with van der Waals surface area (Å²) in [7, 11) is 0. The van der Waals surface area contributed by atoms with Gasteiger partial charge in [0.2, 0.25) is 0 Å². The van der Waals surface area contributed by atoms with E-state index in [1.807, 2.05) is 0 Å². The van der Waals surface area contributed by atoms with Gasteiger partial charge in [0.25, 0.3) is 5.91 Å². The number of nitrogens with two attached hydrogens (primary N) is 1. The third-order valence-electron chi connectivity index (χ3n) is 3.42. The van der Waals surface area contributed by atoms with Crippen molar-refractivity contribution in [2.45, 2.75) is 31.1 Å². The predicted molar refractivity (Wildman–Crippen MR) is 74.6 cm³/mol. The number of hydrogen-bond acceptors (Lipinski definition) is 2. The number of alkyl halides is 3. The Hall–Kier alpha value is -0.980. The van der Waals surface area contributed by atoms with Crippen LogP contribution in [0.5, 0.6) is 0 Å². The van der Waals surface area contributed by atoms with Crippen molar-refractivity contribution in [1.29, 1.82) is 0 Å². The molecule has 0 aliphatic carbocycles. The maximum absolute atomic E-state index is 13.1. The number of hydrogen-bond donors (Lipinski definition) is 1. The van der Waals surface area contributed by atoms with E-state index in [0.29, 0.717) is 0 Å². The second-order valence-corrected chi connectivity index (χ2v) is 5.80. The van der Waals surface area contributed by atoms with E-state index in [9.17, 15) is 18.0 Å². The Kier molecular flexibility index (Phi) is 4.70. The first-order valence-electron chi connectivity index (χ1n) is 6.28. The van der Waals surface area contributed by atoms with Gasteiger partial charge in [0.1, 0.15) is 6.04 Å². The summed E-state index contributed by atoms with van der Waals surface area (Å²) in [6.07, 6.45) is -4.45. The Bertz CT molecular complexity index is 551.